The Hall–Kier alpha value is -2.19. The van der Waals surface area contributed by atoms with E-state index in [-0.39, 0.29) is 0 Å². The number of benzene rings is 1. The van der Waals surface area contributed by atoms with Gasteiger partial charge < -0.3 is 10.1 Å². The van der Waals surface area contributed by atoms with E-state index in [1.165, 1.54) is 13.8 Å². The number of amides is 1. The van der Waals surface area contributed by atoms with E-state index in [4.69, 9.17) is 0 Å². The number of ether oxygens (including phenoxy) is 1. The van der Waals surface area contributed by atoms with Crippen LogP contribution < -0.4 is 5.32 Å². The molecule has 0 saturated heterocycles. The lowest BCUT2D eigenvalue weighted by molar-refractivity contribution is -0.144. The van der Waals surface area contributed by atoms with Gasteiger partial charge in [0.15, 0.2) is 23.3 Å². The lowest BCUT2D eigenvalue weighted by atomic mass is 10.0. The Bertz CT molecular complexity index is 589. The molecule has 0 radical (unpaired) electrons. The molecule has 9 heteroatoms. The third-order valence-electron chi connectivity index (χ3n) is 2.85. The summed E-state index contributed by atoms with van der Waals surface area (Å²) in [6.45, 7) is 2.97. The van der Waals surface area contributed by atoms with Gasteiger partial charge >= 0.3 is 5.97 Å². The zero-order valence-electron chi connectivity index (χ0n) is 11.8. The number of esters is 1. The Morgan fingerprint density at radius 3 is 1.68 bits per heavy atom. The maximum atomic E-state index is 13.5. The molecule has 0 fully saturated rings. The van der Waals surface area contributed by atoms with E-state index in [0.717, 1.165) is 7.11 Å². The van der Waals surface area contributed by atoms with Gasteiger partial charge in [-0.15, -0.1) is 0 Å². The third kappa shape index (κ3) is 3.18. The summed E-state index contributed by atoms with van der Waals surface area (Å²) in [7, 11) is 1.02. The minimum absolute atomic E-state index is 0.544. The molecule has 0 spiro atoms. The first-order chi connectivity index (χ1) is 10.1. The number of nitrogens with one attached hydrogen (secondary N) is 1. The molecule has 122 valence electrons. The SMILES string of the molecule is COC(=O)C(NC(=O)c1c(F)c(F)c(F)c(F)c1F)C(C)C. The summed E-state index contributed by atoms with van der Waals surface area (Å²) in [5.74, 6) is -14.5. The van der Waals surface area contributed by atoms with Gasteiger partial charge in [-0.2, -0.15) is 0 Å². The first-order valence-electron chi connectivity index (χ1n) is 6.03. The van der Waals surface area contributed by atoms with Gasteiger partial charge in [-0.3, -0.25) is 4.79 Å². The van der Waals surface area contributed by atoms with Crippen LogP contribution >= 0.6 is 0 Å². The van der Waals surface area contributed by atoms with Crippen LogP contribution in [0.1, 0.15) is 24.2 Å². The summed E-state index contributed by atoms with van der Waals surface area (Å²) in [5, 5.41) is 1.89. The van der Waals surface area contributed by atoms with E-state index in [2.05, 4.69) is 4.74 Å². The molecule has 1 unspecified atom stereocenters. The zero-order valence-corrected chi connectivity index (χ0v) is 11.8. The second kappa shape index (κ2) is 6.71. The predicted octanol–water partition coefficient (Wildman–Crippen LogP) is 2.31. The quantitative estimate of drug-likeness (QED) is 0.400. The minimum Gasteiger partial charge on any atom is -0.467 e. The monoisotopic (exact) mass is 325 g/mol. The van der Waals surface area contributed by atoms with Crippen molar-refractivity contribution in [2.75, 3.05) is 7.11 Å². The van der Waals surface area contributed by atoms with Crippen molar-refractivity contribution in [2.24, 2.45) is 5.92 Å². The summed E-state index contributed by atoms with van der Waals surface area (Å²) in [6, 6.07) is -1.31. The van der Waals surface area contributed by atoms with E-state index in [0.29, 0.717) is 0 Å². The van der Waals surface area contributed by atoms with Gasteiger partial charge in [0.25, 0.3) is 5.91 Å². The van der Waals surface area contributed by atoms with Gasteiger partial charge in [0.1, 0.15) is 11.6 Å². The van der Waals surface area contributed by atoms with Crippen molar-refractivity contribution in [3.63, 3.8) is 0 Å². The number of carbonyl (C=O) groups excluding carboxylic acids is 2. The van der Waals surface area contributed by atoms with Gasteiger partial charge in [0.05, 0.1) is 7.11 Å². The van der Waals surface area contributed by atoms with Crippen molar-refractivity contribution in [1.82, 2.24) is 5.32 Å². The number of methoxy groups -OCH3 is 1. The third-order valence-corrected chi connectivity index (χ3v) is 2.85. The molecule has 1 atom stereocenters. The van der Waals surface area contributed by atoms with E-state index >= 15 is 0 Å². The molecule has 0 saturated carbocycles. The summed E-state index contributed by atoms with van der Waals surface area (Å²) >= 11 is 0. The Labute approximate surface area is 122 Å². The number of halogens is 5. The molecule has 4 nitrogen and oxygen atoms in total. The average Bonchev–Trinajstić information content (AvgIpc) is 2.47. The van der Waals surface area contributed by atoms with Gasteiger partial charge in [0, 0.05) is 0 Å². The van der Waals surface area contributed by atoms with Gasteiger partial charge in [-0.25, -0.2) is 26.7 Å². The van der Waals surface area contributed by atoms with Crippen LogP contribution in [0.3, 0.4) is 0 Å². The van der Waals surface area contributed by atoms with Crippen LogP contribution in [0, 0.1) is 35.0 Å². The van der Waals surface area contributed by atoms with E-state index < -0.39 is 58.5 Å². The highest BCUT2D eigenvalue weighted by molar-refractivity contribution is 5.97. The lowest BCUT2D eigenvalue weighted by Crippen LogP contribution is -2.45. The van der Waals surface area contributed by atoms with Crippen LogP contribution in [-0.4, -0.2) is 25.0 Å². The van der Waals surface area contributed by atoms with Crippen LogP contribution in [0.15, 0.2) is 0 Å². The summed E-state index contributed by atoms with van der Waals surface area (Å²) in [5.41, 5.74) is -1.66. The van der Waals surface area contributed by atoms with Gasteiger partial charge in [-0.05, 0) is 5.92 Å². The molecule has 0 aromatic heterocycles. The Morgan fingerprint density at radius 2 is 1.32 bits per heavy atom. The molecule has 1 aromatic rings. The number of hydrogen-bond acceptors (Lipinski definition) is 3. The minimum atomic E-state index is -2.38. The lowest BCUT2D eigenvalue weighted by Gasteiger charge is -2.20. The van der Waals surface area contributed by atoms with E-state index in [1.54, 1.807) is 0 Å². The summed E-state index contributed by atoms with van der Waals surface area (Å²) < 4.78 is 70.4. The van der Waals surface area contributed by atoms with Crippen molar-refractivity contribution in [2.45, 2.75) is 19.9 Å². The summed E-state index contributed by atoms with van der Waals surface area (Å²) in [6.07, 6.45) is 0. The van der Waals surface area contributed by atoms with Crippen molar-refractivity contribution < 1.29 is 36.3 Å². The Balaban J connectivity index is 3.27. The standard InChI is InChI=1S/C13H12F5NO3/c1-4(2)11(13(21)22-3)19-12(20)5-6(14)8(16)10(18)9(17)7(5)15/h4,11H,1-3H3,(H,19,20). The topological polar surface area (TPSA) is 55.4 Å². The fourth-order valence-corrected chi connectivity index (χ4v) is 1.64. The van der Waals surface area contributed by atoms with E-state index in [1.807, 2.05) is 5.32 Å². The predicted molar refractivity (Wildman–Crippen MR) is 64.3 cm³/mol. The highest BCUT2D eigenvalue weighted by Crippen LogP contribution is 2.23. The molecule has 0 heterocycles. The molecule has 0 aliphatic heterocycles. The molecule has 1 aromatic carbocycles. The number of hydrogen-bond donors (Lipinski definition) is 1. The second-order valence-electron chi connectivity index (χ2n) is 4.66. The molecule has 0 aliphatic carbocycles. The summed E-state index contributed by atoms with van der Waals surface area (Å²) in [4.78, 5) is 23.2. The maximum absolute atomic E-state index is 13.5. The molecule has 1 N–H and O–H groups in total. The molecule has 1 rings (SSSR count). The van der Waals surface area contributed by atoms with Crippen molar-refractivity contribution >= 4 is 11.9 Å². The molecule has 1 amide bonds. The van der Waals surface area contributed by atoms with Crippen LogP contribution in [0.25, 0.3) is 0 Å². The second-order valence-corrected chi connectivity index (χ2v) is 4.66. The highest BCUT2D eigenvalue weighted by atomic mass is 19.2. The molecule has 0 aliphatic rings. The molecule has 22 heavy (non-hydrogen) atoms. The van der Waals surface area contributed by atoms with E-state index in [9.17, 15) is 31.5 Å². The normalized spacial score (nSPS) is 12.2. The van der Waals surface area contributed by atoms with Gasteiger partial charge in [-0.1, -0.05) is 13.8 Å². The Morgan fingerprint density at radius 1 is 0.909 bits per heavy atom. The first kappa shape index (κ1) is 17.9. The fraction of sp³-hybridized carbons (Fsp3) is 0.385. The molecule has 0 bridgehead atoms. The molecular formula is C13H12F5NO3. The van der Waals surface area contributed by atoms with Crippen LogP contribution in [0.2, 0.25) is 0 Å². The van der Waals surface area contributed by atoms with Crippen LogP contribution in [0.5, 0.6) is 0 Å². The Kier molecular flexibility index (Phi) is 5.45. The first-order valence-corrected chi connectivity index (χ1v) is 6.03. The molecular weight excluding hydrogens is 313 g/mol. The van der Waals surface area contributed by atoms with Gasteiger partial charge in [0.2, 0.25) is 5.82 Å². The fourth-order valence-electron chi connectivity index (χ4n) is 1.64. The van der Waals surface area contributed by atoms with Crippen molar-refractivity contribution in [1.29, 1.82) is 0 Å². The van der Waals surface area contributed by atoms with Crippen LogP contribution in [-0.2, 0) is 9.53 Å². The van der Waals surface area contributed by atoms with Crippen LogP contribution in [0.4, 0.5) is 22.0 Å². The average molecular weight is 325 g/mol. The number of carbonyl (C=O) groups is 2. The smallest absolute Gasteiger partial charge is 0.328 e. The highest BCUT2D eigenvalue weighted by Gasteiger charge is 2.32. The number of rotatable bonds is 4. The van der Waals surface area contributed by atoms with Crippen molar-refractivity contribution in [3.8, 4) is 0 Å². The van der Waals surface area contributed by atoms with Crippen molar-refractivity contribution in [3.05, 3.63) is 34.6 Å². The largest absolute Gasteiger partial charge is 0.467 e. The zero-order chi connectivity index (χ0) is 17.2. The maximum Gasteiger partial charge on any atom is 0.328 e.